The number of aliphatic imine (C=N–C) groups is 1. The van der Waals surface area contributed by atoms with Gasteiger partial charge in [-0.15, -0.1) is 0 Å². The first-order chi connectivity index (χ1) is 14.0. The number of para-hydroxylation sites is 1. The van der Waals surface area contributed by atoms with Crippen molar-refractivity contribution in [2.75, 3.05) is 13.6 Å². The maximum atomic E-state index is 6.11. The van der Waals surface area contributed by atoms with E-state index in [2.05, 4.69) is 50.7 Å². The number of guanidine groups is 1. The Morgan fingerprint density at radius 2 is 2.14 bits per heavy atom. The van der Waals surface area contributed by atoms with E-state index in [4.69, 9.17) is 9.15 Å². The molecular weight excluding hydrogens is 368 g/mol. The summed E-state index contributed by atoms with van der Waals surface area (Å²) < 4.78 is 11.4. The first-order valence-electron chi connectivity index (χ1n) is 9.74. The second-order valence-electron chi connectivity index (χ2n) is 7.63. The van der Waals surface area contributed by atoms with Gasteiger partial charge in [-0.25, -0.2) is 4.98 Å². The van der Waals surface area contributed by atoms with Gasteiger partial charge in [0.15, 0.2) is 11.7 Å². The first-order valence-corrected chi connectivity index (χ1v) is 9.74. The van der Waals surface area contributed by atoms with Gasteiger partial charge >= 0.3 is 0 Å². The van der Waals surface area contributed by atoms with E-state index in [0.717, 1.165) is 29.5 Å². The van der Waals surface area contributed by atoms with Gasteiger partial charge < -0.3 is 19.8 Å². The molecule has 2 aromatic heterocycles. The Morgan fingerprint density at radius 3 is 2.93 bits per heavy atom. The fraction of sp³-hybridized carbons (Fsp3) is 0.381. The highest BCUT2D eigenvalue weighted by Crippen LogP contribution is 2.39. The Labute approximate surface area is 169 Å². The molecule has 8 nitrogen and oxygen atoms in total. The van der Waals surface area contributed by atoms with Gasteiger partial charge in [-0.1, -0.05) is 18.2 Å². The fourth-order valence-electron chi connectivity index (χ4n) is 3.51. The summed E-state index contributed by atoms with van der Waals surface area (Å²) in [7, 11) is 1.77. The zero-order chi connectivity index (χ0) is 20.3. The van der Waals surface area contributed by atoms with Gasteiger partial charge in [-0.3, -0.25) is 10.1 Å². The van der Waals surface area contributed by atoms with Gasteiger partial charge in [0.1, 0.15) is 17.2 Å². The number of ether oxygens (including phenoxy) is 1. The van der Waals surface area contributed by atoms with E-state index in [9.17, 15) is 0 Å². The Kier molecular flexibility index (Phi) is 5.24. The molecule has 3 N–H and O–H groups in total. The van der Waals surface area contributed by atoms with Crippen LogP contribution in [0.15, 0.2) is 52.1 Å². The monoisotopic (exact) mass is 394 g/mol. The van der Waals surface area contributed by atoms with Gasteiger partial charge in [0.2, 0.25) is 5.82 Å². The van der Waals surface area contributed by atoms with Crippen molar-refractivity contribution >= 4 is 5.96 Å². The molecule has 0 aliphatic carbocycles. The zero-order valence-electron chi connectivity index (χ0n) is 16.9. The van der Waals surface area contributed by atoms with Crippen LogP contribution in [0.4, 0.5) is 0 Å². The second-order valence-corrected chi connectivity index (χ2v) is 7.63. The van der Waals surface area contributed by atoms with Crippen LogP contribution in [0.2, 0.25) is 0 Å². The normalized spacial score (nSPS) is 18.0. The van der Waals surface area contributed by atoms with Crippen molar-refractivity contribution in [3.8, 4) is 17.3 Å². The Hall–Kier alpha value is -3.29. The molecule has 1 aromatic carbocycles. The molecule has 4 rings (SSSR count). The number of hydrogen-bond donors (Lipinski definition) is 3. The smallest absolute Gasteiger partial charge is 0.216 e. The van der Waals surface area contributed by atoms with Gasteiger partial charge in [-0.2, -0.15) is 5.10 Å². The number of H-pyrrole nitrogens is 1. The standard InChI is InChI=1S/C21H26N6O2/c1-21(2)13-15(14-7-4-5-8-16(14)29-21)24-20(22-3)23-11-10-18-25-19(27-26-18)17-9-6-12-28-17/h4-9,12,15H,10-11,13H2,1-3H3,(H2,22,23,24)(H,25,26,27). The maximum absolute atomic E-state index is 6.11. The Morgan fingerprint density at radius 1 is 1.28 bits per heavy atom. The van der Waals surface area contributed by atoms with E-state index in [1.807, 2.05) is 30.3 Å². The summed E-state index contributed by atoms with van der Waals surface area (Å²) in [5, 5.41) is 14.0. The van der Waals surface area contributed by atoms with Crippen LogP contribution in [-0.2, 0) is 6.42 Å². The van der Waals surface area contributed by atoms with Crippen LogP contribution in [0.1, 0.15) is 37.7 Å². The van der Waals surface area contributed by atoms with Crippen molar-refractivity contribution < 1.29 is 9.15 Å². The molecule has 1 aliphatic rings. The molecule has 0 spiro atoms. The van der Waals surface area contributed by atoms with Crippen LogP contribution in [0.25, 0.3) is 11.6 Å². The third-order valence-corrected chi connectivity index (χ3v) is 4.84. The number of nitrogens with one attached hydrogen (secondary N) is 3. The van der Waals surface area contributed by atoms with Crippen LogP contribution >= 0.6 is 0 Å². The van der Waals surface area contributed by atoms with E-state index in [-0.39, 0.29) is 11.6 Å². The summed E-state index contributed by atoms with van der Waals surface area (Å²) in [5.74, 6) is 3.67. The summed E-state index contributed by atoms with van der Waals surface area (Å²) in [5.41, 5.74) is 0.903. The summed E-state index contributed by atoms with van der Waals surface area (Å²) in [6, 6.07) is 11.9. The molecule has 0 saturated heterocycles. The van der Waals surface area contributed by atoms with Crippen molar-refractivity contribution in [3.63, 3.8) is 0 Å². The summed E-state index contributed by atoms with van der Waals surface area (Å²) in [4.78, 5) is 8.83. The molecule has 0 bridgehead atoms. The van der Waals surface area contributed by atoms with E-state index in [1.54, 1.807) is 13.3 Å². The Balaban J connectivity index is 1.36. The molecule has 1 atom stereocenters. The van der Waals surface area contributed by atoms with Crippen LogP contribution in [0.5, 0.6) is 5.75 Å². The van der Waals surface area contributed by atoms with Gasteiger partial charge in [-0.05, 0) is 32.0 Å². The molecule has 1 aliphatic heterocycles. The number of nitrogens with zero attached hydrogens (tertiary/aromatic N) is 3. The van der Waals surface area contributed by atoms with Crippen LogP contribution in [0, 0.1) is 0 Å². The molecule has 0 radical (unpaired) electrons. The van der Waals surface area contributed by atoms with E-state index < -0.39 is 0 Å². The topological polar surface area (TPSA) is 100 Å². The van der Waals surface area contributed by atoms with Crippen LogP contribution < -0.4 is 15.4 Å². The average Bonchev–Trinajstić information content (AvgIpc) is 3.38. The lowest BCUT2D eigenvalue weighted by atomic mass is 9.90. The molecular formula is C21H26N6O2. The number of aromatic nitrogens is 3. The summed E-state index contributed by atoms with van der Waals surface area (Å²) in [6.07, 6.45) is 3.14. The van der Waals surface area contributed by atoms with Crippen molar-refractivity contribution in [2.45, 2.75) is 38.3 Å². The van der Waals surface area contributed by atoms with Crippen molar-refractivity contribution in [2.24, 2.45) is 4.99 Å². The first kappa shape index (κ1) is 19.0. The molecule has 152 valence electrons. The molecule has 1 unspecified atom stereocenters. The molecule has 0 amide bonds. The van der Waals surface area contributed by atoms with Crippen LogP contribution in [-0.4, -0.2) is 40.3 Å². The minimum atomic E-state index is -0.243. The largest absolute Gasteiger partial charge is 0.487 e. The number of aromatic amines is 1. The minimum absolute atomic E-state index is 0.122. The molecule has 0 saturated carbocycles. The third-order valence-electron chi connectivity index (χ3n) is 4.84. The van der Waals surface area contributed by atoms with Crippen molar-refractivity contribution in [3.05, 3.63) is 54.0 Å². The zero-order valence-corrected chi connectivity index (χ0v) is 16.9. The van der Waals surface area contributed by atoms with Crippen LogP contribution in [0.3, 0.4) is 0 Å². The average molecular weight is 394 g/mol. The predicted molar refractivity (Wildman–Crippen MR) is 111 cm³/mol. The molecule has 0 fully saturated rings. The summed E-state index contributed by atoms with van der Waals surface area (Å²) in [6.45, 7) is 4.88. The lowest BCUT2D eigenvalue weighted by Crippen LogP contribution is -2.45. The number of benzene rings is 1. The fourth-order valence-corrected chi connectivity index (χ4v) is 3.51. The highest BCUT2D eigenvalue weighted by atomic mass is 16.5. The van der Waals surface area contributed by atoms with Gasteiger partial charge in [0.25, 0.3) is 0 Å². The highest BCUT2D eigenvalue weighted by Gasteiger charge is 2.33. The lowest BCUT2D eigenvalue weighted by Gasteiger charge is -2.38. The predicted octanol–water partition coefficient (Wildman–Crippen LogP) is 3.07. The Bertz CT molecular complexity index is 977. The van der Waals surface area contributed by atoms with Gasteiger partial charge in [0.05, 0.1) is 12.3 Å². The molecule has 8 heteroatoms. The highest BCUT2D eigenvalue weighted by molar-refractivity contribution is 5.80. The summed E-state index contributed by atoms with van der Waals surface area (Å²) >= 11 is 0. The molecule has 29 heavy (non-hydrogen) atoms. The minimum Gasteiger partial charge on any atom is -0.487 e. The van der Waals surface area contributed by atoms with Crippen molar-refractivity contribution in [1.29, 1.82) is 0 Å². The number of furan rings is 1. The quantitative estimate of drug-likeness (QED) is 0.454. The number of rotatable bonds is 5. The van der Waals surface area contributed by atoms with E-state index in [0.29, 0.717) is 24.6 Å². The third kappa shape index (κ3) is 4.42. The molecule has 3 aromatic rings. The van der Waals surface area contributed by atoms with E-state index in [1.165, 1.54) is 0 Å². The van der Waals surface area contributed by atoms with Crippen molar-refractivity contribution in [1.82, 2.24) is 25.8 Å². The second kappa shape index (κ2) is 7.98. The number of hydrogen-bond acceptors (Lipinski definition) is 5. The maximum Gasteiger partial charge on any atom is 0.216 e. The number of fused-ring (bicyclic) bond motifs is 1. The molecule has 3 heterocycles. The van der Waals surface area contributed by atoms with Gasteiger partial charge in [0, 0.05) is 32.0 Å². The lowest BCUT2D eigenvalue weighted by molar-refractivity contribution is 0.0694. The van der Waals surface area contributed by atoms with E-state index >= 15 is 0 Å². The SMILES string of the molecule is CN=C(NCCc1nc(-c2ccco2)n[nH]1)NC1CC(C)(C)Oc2ccccc21.